The number of hydrogen-bond donors (Lipinski definition) is 3. The van der Waals surface area contributed by atoms with E-state index in [4.69, 9.17) is 37.0 Å². The zero-order chi connectivity index (χ0) is 70.4. The van der Waals surface area contributed by atoms with Crippen LogP contribution in [0.1, 0.15) is 272 Å². The average Bonchev–Trinajstić information content (AvgIpc) is 1.41. The van der Waals surface area contributed by atoms with Gasteiger partial charge in [0.25, 0.3) is 0 Å². The average molecular weight is 1390 g/mol. The van der Waals surface area contributed by atoms with Crippen LogP contribution in [0.5, 0.6) is 0 Å². The molecule has 0 amide bonds. The van der Waals surface area contributed by atoms with Crippen LogP contribution in [0.15, 0.2) is 134 Å². The van der Waals surface area contributed by atoms with Gasteiger partial charge in [-0.2, -0.15) is 0 Å². The van der Waals surface area contributed by atoms with Crippen molar-refractivity contribution in [1.82, 2.24) is 0 Å². The maximum atomic E-state index is 13.0. The molecule has 0 aromatic carbocycles. The van der Waals surface area contributed by atoms with Gasteiger partial charge >= 0.3 is 39.5 Å². The third kappa shape index (κ3) is 67.8. The Morgan fingerprint density at radius 1 is 0.312 bits per heavy atom. The molecule has 0 bridgehead atoms. The van der Waals surface area contributed by atoms with Gasteiger partial charge in [-0.15, -0.1) is 0 Å². The molecule has 0 aliphatic carbocycles. The van der Waals surface area contributed by atoms with Crippen LogP contribution < -0.4 is 0 Å². The molecule has 0 fully saturated rings. The van der Waals surface area contributed by atoms with Gasteiger partial charge in [-0.25, -0.2) is 9.13 Å². The summed E-state index contributed by atoms with van der Waals surface area (Å²) >= 11 is 0. The molecular formula is C77H128O17P2. The van der Waals surface area contributed by atoms with Gasteiger partial charge in [0.05, 0.1) is 32.8 Å². The number of carbonyl (C=O) groups excluding carboxylic acids is 4. The molecule has 0 radical (unpaired) electrons. The van der Waals surface area contributed by atoms with E-state index >= 15 is 0 Å². The molecule has 0 aliphatic rings. The molecule has 5 atom stereocenters. The number of esters is 4. The number of aliphatic hydroxyl groups is 1. The summed E-state index contributed by atoms with van der Waals surface area (Å²) in [6.45, 7) is 4.41. The van der Waals surface area contributed by atoms with Gasteiger partial charge in [-0.3, -0.25) is 37.3 Å². The molecule has 96 heavy (non-hydrogen) atoms. The van der Waals surface area contributed by atoms with Gasteiger partial charge in [0.1, 0.15) is 19.3 Å². The minimum atomic E-state index is -5.01. The lowest BCUT2D eigenvalue weighted by molar-refractivity contribution is -0.161. The first-order valence-corrected chi connectivity index (χ1v) is 39.4. The van der Waals surface area contributed by atoms with Crippen LogP contribution in [0, 0.1) is 0 Å². The second kappa shape index (κ2) is 68.7. The van der Waals surface area contributed by atoms with E-state index in [9.17, 15) is 43.2 Å². The fraction of sp³-hybridized carbons (Fsp3) is 0.662. The van der Waals surface area contributed by atoms with Gasteiger partial charge < -0.3 is 33.8 Å². The maximum absolute atomic E-state index is 13.0. The Morgan fingerprint density at radius 2 is 0.594 bits per heavy atom. The number of phosphoric ester groups is 2. The highest BCUT2D eigenvalue weighted by Crippen LogP contribution is 2.45. The molecule has 0 heterocycles. The molecule has 0 aromatic rings. The molecule has 3 N–H and O–H groups in total. The van der Waals surface area contributed by atoms with Crippen molar-refractivity contribution in [3.63, 3.8) is 0 Å². The summed E-state index contributed by atoms with van der Waals surface area (Å²) in [5.74, 6) is -2.38. The molecule has 0 saturated carbocycles. The zero-order valence-corrected chi connectivity index (χ0v) is 61.3. The second-order valence-electron chi connectivity index (χ2n) is 23.8. The van der Waals surface area contributed by atoms with E-state index in [2.05, 4.69) is 137 Å². The summed E-state index contributed by atoms with van der Waals surface area (Å²) in [4.78, 5) is 72.6. The summed E-state index contributed by atoms with van der Waals surface area (Å²) in [7, 11) is -9.98. The Balaban J connectivity index is 5.43. The highest BCUT2D eigenvalue weighted by atomic mass is 31.2. The quantitative estimate of drug-likeness (QED) is 0.0169. The number of rotatable bonds is 67. The van der Waals surface area contributed by atoms with Gasteiger partial charge in [-0.1, -0.05) is 264 Å². The fourth-order valence-corrected chi connectivity index (χ4v) is 10.7. The Hall–Kier alpha value is -4.80. The third-order valence-electron chi connectivity index (χ3n) is 14.6. The Bertz CT molecular complexity index is 2350. The minimum absolute atomic E-state index is 0.0906. The molecule has 17 nitrogen and oxygen atoms in total. The summed E-state index contributed by atoms with van der Waals surface area (Å²) < 4.78 is 68.1. The van der Waals surface area contributed by atoms with Crippen LogP contribution in [-0.4, -0.2) is 96.7 Å². The number of allylic oxidation sites excluding steroid dienone is 21. The van der Waals surface area contributed by atoms with Crippen molar-refractivity contribution >= 4 is 39.5 Å². The second-order valence-corrected chi connectivity index (χ2v) is 26.7. The lowest BCUT2D eigenvalue weighted by atomic mass is 10.1. The molecule has 0 rings (SSSR count). The Kier molecular flexibility index (Phi) is 65.3. The molecule has 0 spiro atoms. The van der Waals surface area contributed by atoms with Crippen LogP contribution >= 0.6 is 15.6 Å². The number of hydrogen-bond acceptors (Lipinski definition) is 15. The molecular weight excluding hydrogens is 1260 g/mol. The highest BCUT2D eigenvalue weighted by molar-refractivity contribution is 7.47. The largest absolute Gasteiger partial charge is 0.472 e. The van der Waals surface area contributed by atoms with Gasteiger partial charge in [0.2, 0.25) is 0 Å². The van der Waals surface area contributed by atoms with E-state index < -0.39 is 97.5 Å². The van der Waals surface area contributed by atoms with Crippen molar-refractivity contribution < 1.29 is 80.2 Å². The molecule has 5 unspecified atom stereocenters. The van der Waals surface area contributed by atoms with Gasteiger partial charge in [0, 0.05) is 19.3 Å². The van der Waals surface area contributed by atoms with Crippen molar-refractivity contribution in [2.75, 3.05) is 39.6 Å². The van der Waals surface area contributed by atoms with Gasteiger partial charge in [0.15, 0.2) is 12.2 Å². The number of ether oxygens (including phenoxy) is 4. The lowest BCUT2D eigenvalue weighted by Crippen LogP contribution is -2.30. The number of unbranched alkanes of at least 4 members (excludes halogenated alkanes) is 20. The van der Waals surface area contributed by atoms with Gasteiger partial charge in [-0.05, 0) is 116 Å². The van der Waals surface area contributed by atoms with Crippen molar-refractivity contribution in [3.05, 3.63) is 134 Å². The standard InChI is InChI=1S/C77H128O17P2/c1-5-9-13-17-21-25-29-31-33-34-35-36-38-39-43-46-50-54-58-62-75(80)88-68-73(94-77(82)64-60-56-52-48-44-40-37-32-30-26-22-18-14-10-6-2)70-92-96(85,86)90-66-71(78)65-89-95(83,84)91-69-72(93-76(81)63-59-55-51-47-42-28-24-20-16-12-8-4)67-87-74(79)61-57-53-49-45-41-27-23-19-15-11-7-3/h9-10,13-14,19,21-23,25-26,31-33,35-37,39,43-44,48,56,60,71-73,78H,5-8,11-12,15-18,20,24,27-30,34,38,40-42,45-47,49-55,57-59,61-70H2,1-4H3,(H,83,84)(H,85,86)/b13-9-,14-10-,23-19-,25-21-,26-22-,33-31-,36-35-,37-32-,43-39-,48-44-,60-56-. The lowest BCUT2D eigenvalue weighted by Gasteiger charge is -2.21. The van der Waals surface area contributed by atoms with E-state index in [1.807, 2.05) is 12.2 Å². The first-order valence-electron chi connectivity index (χ1n) is 36.4. The first kappa shape index (κ1) is 91.2. The molecule has 0 saturated heterocycles. The monoisotopic (exact) mass is 1390 g/mol. The molecule has 19 heteroatoms. The van der Waals surface area contributed by atoms with E-state index in [1.165, 1.54) is 51.4 Å². The topological polar surface area (TPSA) is 237 Å². The van der Waals surface area contributed by atoms with Crippen molar-refractivity contribution in [2.24, 2.45) is 0 Å². The van der Waals surface area contributed by atoms with Crippen molar-refractivity contribution in [3.8, 4) is 0 Å². The SMILES string of the molecule is CC/C=C\C/C=C\C/C=C\C/C=C\C/C=C\CCCCCC(=O)OCC(COP(=O)(O)OCC(O)COP(=O)(O)OCC(COC(=O)CCCCCCC/C=C\CCCC)OC(=O)CCCCCCCCCCCCC)OC(=O)C/C=C\C/C=C\C/C=C\C/C=C\C/C=C\CC. The van der Waals surface area contributed by atoms with E-state index in [1.54, 1.807) is 12.2 Å². The van der Waals surface area contributed by atoms with Crippen LogP contribution in [-0.2, 0) is 65.4 Å². The van der Waals surface area contributed by atoms with Crippen molar-refractivity contribution in [2.45, 2.75) is 290 Å². The Labute approximate surface area is 580 Å². The number of aliphatic hydroxyl groups excluding tert-OH is 1. The van der Waals surface area contributed by atoms with E-state index in [0.29, 0.717) is 25.7 Å². The predicted molar refractivity (Wildman–Crippen MR) is 390 cm³/mol. The van der Waals surface area contributed by atoms with Crippen molar-refractivity contribution in [1.29, 1.82) is 0 Å². The highest BCUT2D eigenvalue weighted by Gasteiger charge is 2.30. The summed E-state index contributed by atoms with van der Waals surface area (Å²) in [6, 6.07) is 0. The molecule has 0 aliphatic heterocycles. The maximum Gasteiger partial charge on any atom is 0.472 e. The smallest absolute Gasteiger partial charge is 0.462 e. The van der Waals surface area contributed by atoms with Crippen LogP contribution in [0.4, 0.5) is 0 Å². The minimum Gasteiger partial charge on any atom is -0.462 e. The van der Waals surface area contributed by atoms with E-state index in [-0.39, 0.29) is 25.7 Å². The molecule has 0 aromatic heterocycles. The Morgan fingerprint density at radius 3 is 0.979 bits per heavy atom. The number of phosphoric acid groups is 2. The summed E-state index contributed by atoms with van der Waals surface area (Å²) in [5.41, 5.74) is 0. The third-order valence-corrected chi connectivity index (χ3v) is 16.5. The van der Waals surface area contributed by atoms with Crippen LogP contribution in [0.2, 0.25) is 0 Å². The first-order chi connectivity index (χ1) is 46.7. The van der Waals surface area contributed by atoms with Crippen LogP contribution in [0.25, 0.3) is 0 Å². The summed E-state index contributed by atoms with van der Waals surface area (Å²) in [6.07, 6.45) is 75.0. The normalized spacial score (nSPS) is 14.8. The van der Waals surface area contributed by atoms with E-state index in [0.717, 1.165) is 141 Å². The zero-order valence-electron chi connectivity index (χ0n) is 59.5. The predicted octanol–water partition coefficient (Wildman–Crippen LogP) is 20.5. The summed E-state index contributed by atoms with van der Waals surface area (Å²) in [5, 5.41) is 10.6. The fourth-order valence-electron chi connectivity index (χ4n) is 9.13. The number of carbonyl (C=O) groups is 4. The van der Waals surface area contributed by atoms with Crippen LogP contribution in [0.3, 0.4) is 0 Å². The molecule has 548 valence electrons.